The molecule has 10 heavy (non-hydrogen) atoms. The first-order chi connectivity index (χ1) is 4.97. The van der Waals surface area contributed by atoms with Crippen molar-refractivity contribution in [1.29, 1.82) is 0 Å². The van der Waals surface area contributed by atoms with Crippen molar-refractivity contribution in [2.24, 2.45) is 10.9 Å². The molecular formula is C9H13N. The Kier molecular flexibility index (Phi) is 1.58. The third kappa shape index (κ3) is 1.00. The fraction of sp³-hybridized carbons (Fsp3) is 0.667. The monoisotopic (exact) mass is 135 g/mol. The first-order valence-electron chi connectivity index (χ1n) is 4.17. The molecule has 1 aliphatic heterocycles. The third-order valence-electron chi connectivity index (χ3n) is 2.54. The second-order valence-corrected chi connectivity index (χ2v) is 3.22. The van der Waals surface area contributed by atoms with Gasteiger partial charge in [-0.1, -0.05) is 18.9 Å². The molecule has 1 heterocycles. The molecule has 1 heteroatoms. The molecule has 1 unspecified atom stereocenters. The lowest BCUT2D eigenvalue weighted by molar-refractivity contribution is 0.497. The maximum atomic E-state index is 4.38. The lowest BCUT2D eigenvalue weighted by Gasteiger charge is -2.11. The fourth-order valence-corrected chi connectivity index (χ4v) is 1.94. The molecule has 0 spiro atoms. The van der Waals surface area contributed by atoms with Gasteiger partial charge in [-0.25, -0.2) is 0 Å². The fourth-order valence-electron chi connectivity index (χ4n) is 1.94. The van der Waals surface area contributed by atoms with Crippen molar-refractivity contribution in [3.05, 3.63) is 12.2 Å². The highest BCUT2D eigenvalue weighted by Gasteiger charge is 2.22. The van der Waals surface area contributed by atoms with E-state index < -0.39 is 0 Å². The Morgan fingerprint density at radius 3 is 2.60 bits per heavy atom. The van der Waals surface area contributed by atoms with Crippen LogP contribution in [0.2, 0.25) is 0 Å². The zero-order chi connectivity index (χ0) is 6.81. The van der Waals surface area contributed by atoms with Gasteiger partial charge in [-0.3, -0.25) is 4.99 Å². The molecule has 2 aliphatic rings. The Morgan fingerprint density at radius 2 is 2.00 bits per heavy atom. The average molecular weight is 135 g/mol. The van der Waals surface area contributed by atoms with Crippen molar-refractivity contribution < 1.29 is 0 Å². The van der Waals surface area contributed by atoms with Crippen LogP contribution in [0.25, 0.3) is 0 Å². The molecule has 1 aliphatic carbocycles. The summed E-state index contributed by atoms with van der Waals surface area (Å²) in [6.45, 7) is 0. The molecule has 0 N–H and O–H groups in total. The van der Waals surface area contributed by atoms with Gasteiger partial charge in [0.15, 0.2) is 0 Å². The van der Waals surface area contributed by atoms with E-state index in [0.717, 1.165) is 5.92 Å². The Hall–Kier alpha value is -0.590. The molecule has 0 radical (unpaired) electrons. The molecule has 1 nitrogen and oxygen atoms in total. The van der Waals surface area contributed by atoms with E-state index in [4.69, 9.17) is 0 Å². The van der Waals surface area contributed by atoms with E-state index in [2.05, 4.69) is 17.1 Å². The normalized spacial score (nSPS) is 32.2. The quantitative estimate of drug-likeness (QED) is 0.522. The predicted octanol–water partition coefficient (Wildman–Crippen LogP) is 2.19. The van der Waals surface area contributed by atoms with Gasteiger partial charge in [-0.2, -0.15) is 0 Å². The van der Waals surface area contributed by atoms with Crippen LogP contribution in [0.3, 0.4) is 0 Å². The van der Waals surface area contributed by atoms with Crippen molar-refractivity contribution in [2.75, 3.05) is 0 Å². The minimum absolute atomic E-state index is 0.544. The van der Waals surface area contributed by atoms with Crippen LogP contribution >= 0.6 is 0 Å². The van der Waals surface area contributed by atoms with Crippen LogP contribution in [-0.4, -0.2) is 12.3 Å². The SMILES string of the molecule is C1=CC(C2CCCC2)N=C1. The minimum Gasteiger partial charge on any atom is -0.285 e. The number of rotatable bonds is 1. The molecule has 0 aromatic heterocycles. The summed E-state index contributed by atoms with van der Waals surface area (Å²) in [5.41, 5.74) is 0. The maximum Gasteiger partial charge on any atom is 0.0711 e. The molecule has 1 saturated carbocycles. The molecule has 0 bridgehead atoms. The van der Waals surface area contributed by atoms with Gasteiger partial charge in [-0.15, -0.1) is 0 Å². The van der Waals surface area contributed by atoms with Gasteiger partial charge >= 0.3 is 0 Å². The van der Waals surface area contributed by atoms with Crippen molar-refractivity contribution in [3.8, 4) is 0 Å². The summed E-state index contributed by atoms with van der Waals surface area (Å²) in [4.78, 5) is 4.38. The van der Waals surface area contributed by atoms with Gasteiger partial charge in [-0.05, 0) is 24.8 Å². The molecule has 0 amide bonds. The van der Waals surface area contributed by atoms with Gasteiger partial charge in [0.2, 0.25) is 0 Å². The first-order valence-corrected chi connectivity index (χ1v) is 4.17. The largest absolute Gasteiger partial charge is 0.285 e. The molecule has 1 fully saturated rings. The standard InChI is InChI=1S/C9H13N/c1-2-5-8(4-1)9-6-3-7-10-9/h3,6-9H,1-2,4-5H2. The highest BCUT2D eigenvalue weighted by molar-refractivity contribution is 5.74. The highest BCUT2D eigenvalue weighted by atomic mass is 14.8. The second-order valence-electron chi connectivity index (χ2n) is 3.22. The number of hydrogen-bond acceptors (Lipinski definition) is 1. The summed E-state index contributed by atoms with van der Waals surface area (Å²) in [6, 6.07) is 0.544. The Labute approximate surface area is 61.9 Å². The summed E-state index contributed by atoms with van der Waals surface area (Å²) in [5.74, 6) is 0.870. The first kappa shape index (κ1) is 6.14. The number of allylic oxidation sites excluding steroid dienone is 1. The summed E-state index contributed by atoms with van der Waals surface area (Å²) in [7, 11) is 0. The number of nitrogens with zero attached hydrogens (tertiary/aromatic N) is 1. The summed E-state index contributed by atoms with van der Waals surface area (Å²) in [6.07, 6.45) is 11.9. The van der Waals surface area contributed by atoms with E-state index in [1.54, 1.807) is 0 Å². The molecular weight excluding hydrogens is 122 g/mol. The van der Waals surface area contributed by atoms with Crippen LogP contribution in [0, 0.1) is 5.92 Å². The van der Waals surface area contributed by atoms with Crippen molar-refractivity contribution in [3.63, 3.8) is 0 Å². The van der Waals surface area contributed by atoms with Gasteiger partial charge in [0.25, 0.3) is 0 Å². The molecule has 0 aromatic rings. The van der Waals surface area contributed by atoms with Crippen molar-refractivity contribution in [2.45, 2.75) is 31.7 Å². The van der Waals surface area contributed by atoms with E-state index in [1.807, 2.05) is 6.21 Å². The van der Waals surface area contributed by atoms with Gasteiger partial charge < -0.3 is 0 Å². The minimum atomic E-state index is 0.544. The second kappa shape index (κ2) is 2.57. The molecule has 0 aromatic carbocycles. The van der Waals surface area contributed by atoms with Crippen LogP contribution in [0.5, 0.6) is 0 Å². The molecule has 2 rings (SSSR count). The molecule has 1 atom stereocenters. The lowest BCUT2D eigenvalue weighted by Crippen LogP contribution is -2.10. The Bertz CT molecular complexity index is 152. The number of aliphatic imine (C=N–C) groups is 1. The van der Waals surface area contributed by atoms with E-state index in [1.165, 1.54) is 25.7 Å². The zero-order valence-electron chi connectivity index (χ0n) is 6.16. The average Bonchev–Trinajstić information content (AvgIpc) is 2.59. The van der Waals surface area contributed by atoms with Crippen LogP contribution in [0.15, 0.2) is 17.1 Å². The summed E-state index contributed by atoms with van der Waals surface area (Å²) >= 11 is 0. The predicted molar refractivity (Wildman–Crippen MR) is 43.4 cm³/mol. The van der Waals surface area contributed by atoms with Gasteiger partial charge in [0.1, 0.15) is 0 Å². The van der Waals surface area contributed by atoms with Gasteiger partial charge in [0.05, 0.1) is 6.04 Å². The van der Waals surface area contributed by atoms with Crippen molar-refractivity contribution >= 4 is 6.21 Å². The van der Waals surface area contributed by atoms with Crippen LogP contribution in [-0.2, 0) is 0 Å². The highest BCUT2D eigenvalue weighted by Crippen LogP contribution is 2.30. The third-order valence-corrected chi connectivity index (χ3v) is 2.54. The maximum absolute atomic E-state index is 4.38. The van der Waals surface area contributed by atoms with Crippen LogP contribution < -0.4 is 0 Å². The molecule has 54 valence electrons. The Balaban J connectivity index is 1.98. The number of hydrogen-bond donors (Lipinski definition) is 0. The van der Waals surface area contributed by atoms with E-state index in [-0.39, 0.29) is 0 Å². The smallest absolute Gasteiger partial charge is 0.0711 e. The zero-order valence-corrected chi connectivity index (χ0v) is 6.16. The van der Waals surface area contributed by atoms with Crippen LogP contribution in [0.1, 0.15) is 25.7 Å². The summed E-state index contributed by atoms with van der Waals surface area (Å²) < 4.78 is 0. The lowest BCUT2D eigenvalue weighted by atomic mass is 9.99. The topological polar surface area (TPSA) is 12.4 Å². The Morgan fingerprint density at radius 1 is 1.20 bits per heavy atom. The van der Waals surface area contributed by atoms with E-state index in [0.29, 0.717) is 6.04 Å². The summed E-state index contributed by atoms with van der Waals surface area (Å²) in [5, 5.41) is 0. The van der Waals surface area contributed by atoms with Gasteiger partial charge in [0, 0.05) is 6.21 Å². The van der Waals surface area contributed by atoms with Crippen LogP contribution in [0.4, 0.5) is 0 Å². The molecule has 0 saturated heterocycles. The van der Waals surface area contributed by atoms with E-state index in [9.17, 15) is 0 Å². The van der Waals surface area contributed by atoms with E-state index >= 15 is 0 Å². The van der Waals surface area contributed by atoms with Crippen molar-refractivity contribution in [1.82, 2.24) is 0 Å².